The number of carbonyl (C=O) groups excluding carboxylic acids is 1. The Morgan fingerprint density at radius 2 is 2.38 bits per heavy atom. The van der Waals surface area contributed by atoms with Crippen LogP contribution in [0.25, 0.3) is 0 Å². The van der Waals surface area contributed by atoms with Gasteiger partial charge in [0.15, 0.2) is 0 Å². The maximum absolute atomic E-state index is 11.8. The molecule has 1 amide bonds. The first-order chi connectivity index (χ1) is 11.6. The van der Waals surface area contributed by atoms with E-state index in [2.05, 4.69) is 9.88 Å². The van der Waals surface area contributed by atoms with Gasteiger partial charge >= 0.3 is 0 Å². The molecule has 1 saturated carbocycles. The van der Waals surface area contributed by atoms with Crippen molar-refractivity contribution in [2.45, 2.75) is 43.4 Å². The summed E-state index contributed by atoms with van der Waals surface area (Å²) < 4.78 is 11.7. The van der Waals surface area contributed by atoms with E-state index in [4.69, 9.17) is 20.3 Å². The Morgan fingerprint density at radius 3 is 3.08 bits per heavy atom. The van der Waals surface area contributed by atoms with Crippen LogP contribution in [0, 0.1) is 0 Å². The van der Waals surface area contributed by atoms with Gasteiger partial charge in [-0.25, -0.2) is 4.98 Å². The fourth-order valence-corrected chi connectivity index (χ4v) is 4.10. The predicted octanol–water partition coefficient (Wildman–Crippen LogP) is 0.706. The molecule has 3 atom stereocenters. The lowest BCUT2D eigenvalue weighted by atomic mass is 9.79. The highest BCUT2D eigenvalue weighted by Gasteiger charge is 2.52. The molecule has 2 aliphatic rings. The zero-order valence-corrected chi connectivity index (χ0v) is 14.0. The van der Waals surface area contributed by atoms with Crippen LogP contribution in [-0.4, -0.2) is 60.6 Å². The molecule has 2 heterocycles. The molecule has 1 aliphatic heterocycles. The number of nitrogens with two attached hydrogens (primary N) is 1. The van der Waals surface area contributed by atoms with E-state index in [9.17, 15) is 4.79 Å². The molecule has 24 heavy (non-hydrogen) atoms. The highest BCUT2D eigenvalue weighted by Crippen LogP contribution is 2.45. The van der Waals surface area contributed by atoms with E-state index in [1.807, 2.05) is 0 Å². The fraction of sp³-hybridized carbons (Fsp3) is 0.647. The number of aliphatic hydroxyl groups excluding tert-OH is 1. The van der Waals surface area contributed by atoms with Crippen LogP contribution in [0.15, 0.2) is 18.3 Å². The lowest BCUT2D eigenvalue weighted by Gasteiger charge is -2.44. The highest BCUT2D eigenvalue weighted by atomic mass is 16.5. The molecule has 7 heteroatoms. The van der Waals surface area contributed by atoms with Crippen molar-refractivity contribution in [2.24, 2.45) is 5.73 Å². The van der Waals surface area contributed by atoms with Gasteiger partial charge in [-0.05, 0) is 37.8 Å². The molecule has 3 N–H and O–H groups in total. The third kappa shape index (κ3) is 2.99. The van der Waals surface area contributed by atoms with E-state index in [-0.39, 0.29) is 24.4 Å². The van der Waals surface area contributed by atoms with E-state index < -0.39 is 5.91 Å². The second-order valence-electron chi connectivity index (χ2n) is 6.46. The molecule has 0 spiro atoms. The zero-order chi connectivity index (χ0) is 17.2. The number of pyridine rings is 1. The average Bonchev–Trinajstić information content (AvgIpc) is 2.99. The Hall–Kier alpha value is -1.70. The van der Waals surface area contributed by atoms with Gasteiger partial charge in [0.1, 0.15) is 5.82 Å². The molecular formula is C17H25N3O4. The Labute approximate surface area is 141 Å². The maximum Gasteiger partial charge on any atom is 0.252 e. The summed E-state index contributed by atoms with van der Waals surface area (Å²) in [6.07, 6.45) is 5.21. The summed E-state index contributed by atoms with van der Waals surface area (Å²) in [6.45, 7) is 1.13. The molecular weight excluding hydrogens is 310 g/mol. The van der Waals surface area contributed by atoms with E-state index >= 15 is 0 Å². The minimum absolute atomic E-state index is 0.0202. The van der Waals surface area contributed by atoms with Crippen molar-refractivity contribution in [2.75, 3.05) is 31.8 Å². The highest BCUT2D eigenvalue weighted by molar-refractivity contribution is 5.97. The average molecular weight is 335 g/mol. The maximum atomic E-state index is 11.8. The topological polar surface area (TPSA) is 97.9 Å². The van der Waals surface area contributed by atoms with E-state index in [0.29, 0.717) is 18.0 Å². The number of hydrogen-bond acceptors (Lipinski definition) is 6. The standard InChI is InChI=1S/C17H25N3O4/c1-23-17-5-4-12(24-10-9-21)11-14(17)20(8-6-17)16-13(15(18)22)3-2-7-19-16/h2-3,7,12,14,21H,4-6,8-11H2,1H3,(H2,18,22)/t12-,14+,17-/m1/s1. The summed E-state index contributed by atoms with van der Waals surface area (Å²) in [5, 5.41) is 8.99. The van der Waals surface area contributed by atoms with Gasteiger partial charge in [0.05, 0.1) is 36.5 Å². The van der Waals surface area contributed by atoms with Gasteiger partial charge < -0.3 is 25.2 Å². The number of rotatable bonds is 6. The first-order valence-electron chi connectivity index (χ1n) is 8.40. The number of methoxy groups -OCH3 is 1. The lowest BCUT2D eigenvalue weighted by Crippen LogP contribution is -2.52. The lowest BCUT2D eigenvalue weighted by molar-refractivity contribution is -0.0835. The summed E-state index contributed by atoms with van der Waals surface area (Å²) in [7, 11) is 1.75. The third-order valence-corrected chi connectivity index (χ3v) is 5.31. The number of primary amides is 1. The van der Waals surface area contributed by atoms with Gasteiger partial charge in [0.2, 0.25) is 0 Å². The number of nitrogens with zero attached hydrogens (tertiary/aromatic N) is 2. The number of ether oxygens (including phenoxy) is 2. The van der Waals surface area contributed by atoms with Crippen LogP contribution in [0.5, 0.6) is 0 Å². The van der Waals surface area contributed by atoms with Crippen molar-refractivity contribution in [3.63, 3.8) is 0 Å². The molecule has 3 rings (SSSR count). The first-order valence-corrected chi connectivity index (χ1v) is 8.40. The molecule has 0 bridgehead atoms. The zero-order valence-electron chi connectivity index (χ0n) is 14.0. The van der Waals surface area contributed by atoms with Crippen LogP contribution in [0.2, 0.25) is 0 Å². The number of aromatic nitrogens is 1. The van der Waals surface area contributed by atoms with Crippen LogP contribution in [0.3, 0.4) is 0 Å². The van der Waals surface area contributed by atoms with Crippen molar-refractivity contribution in [3.05, 3.63) is 23.9 Å². The van der Waals surface area contributed by atoms with Crippen LogP contribution in [0.4, 0.5) is 5.82 Å². The monoisotopic (exact) mass is 335 g/mol. The molecule has 0 aromatic carbocycles. The minimum atomic E-state index is -0.475. The van der Waals surface area contributed by atoms with Crippen LogP contribution >= 0.6 is 0 Å². The van der Waals surface area contributed by atoms with Gasteiger partial charge in [-0.15, -0.1) is 0 Å². The molecule has 7 nitrogen and oxygen atoms in total. The molecule has 1 aromatic heterocycles. The van der Waals surface area contributed by atoms with Crippen LogP contribution < -0.4 is 10.6 Å². The summed E-state index contributed by atoms with van der Waals surface area (Å²) in [5.41, 5.74) is 5.71. The van der Waals surface area contributed by atoms with E-state index in [1.165, 1.54) is 0 Å². The molecule has 1 saturated heterocycles. The van der Waals surface area contributed by atoms with Crippen molar-refractivity contribution >= 4 is 11.7 Å². The largest absolute Gasteiger partial charge is 0.394 e. The molecule has 0 radical (unpaired) electrons. The molecule has 1 aromatic rings. The quantitative estimate of drug-likeness (QED) is 0.794. The van der Waals surface area contributed by atoms with Gasteiger partial charge in [-0.2, -0.15) is 0 Å². The Balaban J connectivity index is 1.88. The van der Waals surface area contributed by atoms with Crippen LogP contribution in [0.1, 0.15) is 36.0 Å². The predicted molar refractivity (Wildman–Crippen MR) is 88.9 cm³/mol. The third-order valence-electron chi connectivity index (χ3n) is 5.31. The van der Waals surface area contributed by atoms with Gasteiger partial charge in [0.25, 0.3) is 5.91 Å². The van der Waals surface area contributed by atoms with E-state index in [0.717, 1.165) is 32.2 Å². The normalized spacial score (nSPS) is 29.5. The number of carbonyl (C=O) groups is 1. The summed E-state index contributed by atoms with van der Waals surface area (Å²) in [6, 6.07) is 3.50. The van der Waals surface area contributed by atoms with Crippen molar-refractivity contribution < 1.29 is 19.4 Å². The first kappa shape index (κ1) is 17.1. The second kappa shape index (κ2) is 7.04. The summed E-state index contributed by atoms with van der Waals surface area (Å²) >= 11 is 0. The molecule has 0 unspecified atom stereocenters. The van der Waals surface area contributed by atoms with Gasteiger partial charge in [0, 0.05) is 19.9 Å². The van der Waals surface area contributed by atoms with Crippen molar-refractivity contribution in [3.8, 4) is 0 Å². The molecule has 132 valence electrons. The molecule has 1 aliphatic carbocycles. The number of anilines is 1. The number of aliphatic hydroxyl groups is 1. The summed E-state index contributed by atoms with van der Waals surface area (Å²) in [4.78, 5) is 18.3. The van der Waals surface area contributed by atoms with Crippen molar-refractivity contribution in [1.82, 2.24) is 4.98 Å². The van der Waals surface area contributed by atoms with Crippen molar-refractivity contribution in [1.29, 1.82) is 0 Å². The second-order valence-corrected chi connectivity index (χ2v) is 6.46. The minimum Gasteiger partial charge on any atom is -0.394 e. The number of hydrogen-bond donors (Lipinski definition) is 2. The van der Waals surface area contributed by atoms with Crippen LogP contribution in [-0.2, 0) is 9.47 Å². The van der Waals surface area contributed by atoms with Gasteiger partial charge in [-0.1, -0.05) is 0 Å². The summed E-state index contributed by atoms with van der Waals surface area (Å²) in [5.74, 6) is 0.147. The number of fused-ring (bicyclic) bond motifs is 1. The smallest absolute Gasteiger partial charge is 0.252 e. The SMILES string of the molecule is CO[C@@]12CC[C@@H](OCCO)C[C@@H]1N(c1ncccc1C(N)=O)CC2. The van der Waals surface area contributed by atoms with Gasteiger partial charge in [-0.3, -0.25) is 4.79 Å². The molecule has 2 fully saturated rings. The Bertz CT molecular complexity index is 597. The number of amides is 1. The van der Waals surface area contributed by atoms with E-state index in [1.54, 1.807) is 25.4 Å². The Kier molecular flexibility index (Phi) is 5.03. The fourth-order valence-electron chi connectivity index (χ4n) is 4.10. The Morgan fingerprint density at radius 1 is 1.54 bits per heavy atom.